The second-order valence-electron chi connectivity index (χ2n) is 35.6. The van der Waals surface area contributed by atoms with Gasteiger partial charge >= 0.3 is 11.9 Å². The third-order valence-corrected chi connectivity index (χ3v) is 32.1. The number of rotatable bonds is 32. The number of carbonyl (C=O) groups excluding carboxylic acids is 2. The molecule has 137 heavy (non-hydrogen) atoms. The number of aliphatic hydroxyl groups excluding tert-OH is 1. The van der Waals surface area contributed by atoms with Crippen LogP contribution in [0.3, 0.4) is 0 Å². The lowest BCUT2D eigenvalue weighted by molar-refractivity contribution is -0.00558. The molecule has 12 aromatic rings. The van der Waals surface area contributed by atoms with Crippen LogP contribution in [0.5, 0.6) is 0 Å². The lowest BCUT2D eigenvalue weighted by atomic mass is 9.94. The largest absolute Gasteiger partial charge is 0.465 e. The predicted molar refractivity (Wildman–Crippen MR) is 547 cm³/mol. The first kappa shape index (κ1) is 100. The predicted octanol–water partition coefficient (Wildman–Crippen LogP) is 20.9. The number of likely N-dealkylation sites (tertiary alicyclic amines) is 2. The van der Waals surface area contributed by atoms with Gasteiger partial charge in [0, 0.05) is 206 Å². The van der Waals surface area contributed by atoms with E-state index in [1.165, 1.54) is 48.3 Å². The van der Waals surface area contributed by atoms with E-state index < -0.39 is 60.9 Å². The molecule has 16 rings (SSSR count). The van der Waals surface area contributed by atoms with Crippen LogP contribution in [0, 0.1) is 51.0 Å². The molecule has 6 heterocycles. The summed E-state index contributed by atoms with van der Waals surface area (Å²) in [5, 5.41) is 28.8. The van der Waals surface area contributed by atoms with Gasteiger partial charge in [-0.3, -0.25) is 9.44 Å². The van der Waals surface area contributed by atoms with Crippen LogP contribution in [0.4, 0.5) is 63.1 Å². The molecule has 4 aliphatic heterocycles. The molecule has 0 spiro atoms. The molecule has 2 atom stereocenters. The Morgan fingerprint density at radius 3 is 1.18 bits per heavy atom. The minimum Gasteiger partial charge on any atom is -0.465 e. The fourth-order valence-corrected chi connectivity index (χ4v) is 22.8. The van der Waals surface area contributed by atoms with E-state index in [0.29, 0.717) is 108 Å². The van der Waals surface area contributed by atoms with Crippen molar-refractivity contribution < 1.29 is 63.7 Å². The number of nitrogens with one attached hydrogen (secondary N) is 4. The Morgan fingerprint density at radius 2 is 0.825 bits per heavy atom. The second-order valence-corrected chi connectivity index (χ2v) is 42.0. The lowest BCUT2D eigenvalue weighted by Crippen LogP contribution is -2.46. The standard InChI is InChI=1S/C53H59ClF2N6O5S2.C52H57ClF2N6O5S2/c1-35-33-43(19-21-45(35)57-40(34-68-42-9-7-6-8-10-42)23-26-60-27-24-53(3,64)25-28-60)69(65,66)58-39-15-17-41(18-16-39)61-29-31-62(32-30-61)46-22-20-44(55)48(50(46)56)49-47(52(63)67-5)36(2)59(4)51(49)37-11-13-38(54)14-12-37;1-34-32-43(18-20-45(34)56-39(33-67-42-8-6-5-7-9-42)22-25-59-26-23-41(62)24-27-59)68(64,65)57-38-14-16-40(17-15-38)60-28-30-61(31-29-60)46-21-19-44(54)48(50(46)55)49-47(52(63)66-4)35(2)58(3)51(49)36-10-12-37(53)13-11-36/h6-22,33,40,57-58,64H,23-32,34H2,1-5H3;5-21,32,39,41,56-57,62H,22-31,33H2,1-4H3/t40-;39-/m11/s1. The Labute approximate surface area is 818 Å². The van der Waals surface area contributed by atoms with Gasteiger partial charge in [0.15, 0.2) is 11.6 Å². The topological polar surface area (TPSA) is 239 Å². The van der Waals surface area contributed by atoms with Gasteiger partial charge in [-0.05, 0) is 253 Å². The zero-order valence-electron chi connectivity index (χ0n) is 78.2. The minimum absolute atomic E-state index is 0.0756. The van der Waals surface area contributed by atoms with Crippen LogP contribution in [0.2, 0.25) is 10.0 Å². The highest BCUT2D eigenvalue weighted by atomic mass is 35.5. The second kappa shape index (κ2) is 44.3. The lowest BCUT2D eigenvalue weighted by Gasteiger charge is -2.37. The Kier molecular flexibility index (Phi) is 32.4. The van der Waals surface area contributed by atoms with E-state index in [-0.39, 0.29) is 72.7 Å². The maximum absolute atomic E-state index is 16.9. The van der Waals surface area contributed by atoms with Gasteiger partial charge in [0.1, 0.15) is 11.6 Å². The minimum atomic E-state index is -3.92. The molecule has 0 amide bonds. The fourth-order valence-electron chi connectivity index (χ4n) is 18.3. The third kappa shape index (κ3) is 23.9. The van der Waals surface area contributed by atoms with Crippen molar-refractivity contribution in [3.63, 3.8) is 0 Å². The first-order chi connectivity index (χ1) is 65.7. The van der Waals surface area contributed by atoms with Crippen LogP contribution in [-0.2, 0) is 43.6 Å². The number of hydrogen-bond acceptors (Lipinski definition) is 20. The molecule has 0 saturated carbocycles. The quantitative estimate of drug-likeness (QED) is 0.0130. The van der Waals surface area contributed by atoms with Crippen molar-refractivity contribution in [2.45, 2.75) is 117 Å². The number of nitrogens with zero attached hydrogens (tertiary/aromatic N) is 8. The first-order valence-corrected chi connectivity index (χ1v) is 51.7. The van der Waals surface area contributed by atoms with Crippen LogP contribution in [0.1, 0.15) is 88.7 Å². The summed E-state index contributed by atoms with van der Waals surface area (Å²) in [6.07, 6.45) is 4.67. The number of thioether (sulfide) groups is 2. The Morgan fingerprint density at radius 1 is 0.467 bits per heavy atom. The smallest absolute Gasteiger partial charge is 0.340 e. The highest BCUT2D eigenvalue weighted by Gasteiger charge is 2.37. The summed E-state index contributed by atoms with van der Waals surface area (Å²) in [6, 6.07) is 64.5. The number of sulfonamides is 2. The normalized spacial score (nSPS) is 15.6. The van der Waals surface area contributed by atoms with E-state index in [9.17, 15) is 36.6 Å². The van der Waals surface area contributed by atoms with Crippen LogP contribution in [0.25, 0.3) is 44.8 Å². The molecule has 0 unspecified atom stereocenters. The van der Waals surface area contributed by atoms with E-state index in [2.05, 4.69) is 63.9 Å². The number of aromatic nitrogens is 2. The third-order valence-electron chi connectivity index (χ3n) is 26.4. The number of aliphatic hydroxyl groups is 2. The zero-order valence-corrected chi connectivity index (χ0v) is 83.0. The molecule has 22 nitrogen and oxygen atoms in total. The van der Waals surface area contributed by atoms with E-state index in [0.717, 1.165) is 123 Å². The molecule has 0 radical (unpaired) electrons. The summed E-state index contributed by atoms with van der Waals surface area (Å²) in [4.78, 5) is 41.9. The highest BCUT2D eigenvalue weighted by molar-refractivity contribution is 7.99. The van der Waals surface area contributed by atoms with Gasteiger partial charge in [-0.15, -0.1) is 23.5 Å². The molecule has 4 fully saturated rings. The number of carbonyl (C=O) groups is 2. The molecule has 2 aromatic heterocycles. The fraction of sp³-hybridized carbons (Fsp3) is 0.333. The van der Waals surface area contributed by atoms with E-state index in [4.69, 9.17) is 32.7 Å². The van der Waals surface area contributed by atoms with E-state index in [1.807, 2.05) is 103 Å². The van der Waals surface area contributed by atoms with Crippen LogP contribution >= 0.6 is 46.7 Å². The van der Waals surface area contributed by atoms with Gasteiger partial charge in [0.05, 0.1) is 80.7 Å². The van der Waals surface area contributed by atoms with Gasteiger partial charge in [-0.25, -0.2) is 44.0 Å². The number of halogens is 6. The van der Waals surface area contributed by atoms with E-state index in [1.54, 1.807) is 158 Å². The van der Waals surface area contributed by atoms with Crippen molar-refractivity contribution in [1.29, 1.82) is 0 Å². The molecule has 32 heteroatoms. The molecule has 0 aliphatic carbocycles. The maximum atomic E-state index is 16.9. The van der Waals surface area contributed by atoms with Crippen LogP contribution in [-0.4, -0.2) is 199 Å². The molecule has 4 saturated heterocycles. The molecular formula is C105H116Cl2F4N12O10S4. The highest BCUT2D eigenvalue weighted by Crippen LogP contribution is 2.47. The number of hydrogen-bond donors (Lipinski definition) is 6. The summed E-state index contributed by atoms with van der Waals surface area (Å²) in [6.45, 7) is 18.2. The Bertz CT molecular complexity index is 6500. The summed E-state index contributed by atoms with van der Waals surface area (Å²) in [5.74, 6) is -2.93. The summed E-state index contributed by atoms with van der Waals surface area (Å²) < 4.78 is 140. The summed E-state index contributed by atoms with van der Waals surface area (Å²) in [5.41, 5.74) is 8.64. The number of esters is 2. The first-order valence-electron chi connectivity index (χ1n) is 46.0. The zero-order chi connectivity index (χ0) is 97.1. The molecule has 6 N–H and O–H groups in total. The molecule has 0 bridgehead atoms. The molecule has 10 aromatic carbocycles. The van der Waals surface area contributed by atoms with E-state index >= 15 is 17.6 Å². The molecule has 722 valence electrons. The van der Waals surface area contributed by atoms with Gasteiger partial charge in [-0.1, -0.05) is 83.9 Å². The van der Waals surface area contributed by atoms with Crippen molar-refractivity contribution in [2.24, 2.45) is 14.1 Å². The number of methoxy groups -OCH3 is 2. The van der Waals surface area contributed by atoms with Crippen LogP contribution in [0.15, 0.2) is 238 Å². The number of piperazine rings is 2. The van der Waals surface area contributed by atoms with Crippen molar-refractivity contribution >= 4 is 124 Å². The summed E-state index contributed by atoms with van der Waals surface area (Å²) >= 11 is 15.9. The number of aryl methyl sites for hydroxylation is 2. The van der Waals surface area contributed by atoms with Crippen LogP contribution < -0.4 is 39.7 Å². The maximum Gasteiger partial charge on any atom is 0.340 e. The average Bonchev–Trinajstić information content (AvgIpc) is 1.55. The number of ether oxygens (including phenoxy) is 2. The van der Waals surface area contributed by atoms with Crippen molar-refractivity contribution in [3.8, 4) is 44.8 Å². The average molecular weight is 1980 g/mol. The van der Waals surface area contributed by atoms with Crippen molar-refractivity contribution in [2.75, 3.05) is 157 Å². The monoisotopic (exact) mass is 1980 g/mol. The SMILES string of the molecule is COC(=O)c1c(-c2c(F)ccc(N3CCN(c4ccc(NS(=O)(=O)c5ccc(N[C@H](CCN6CCC(C)(O)CC6)CSc6ccccc6)c(C)c5)cc4)CC3)c2F)c(-c2ccc(Cl)cc2)n(C)c1C.COC(=O)c1c(-c2c(F)ccc(N3CCN(c4ccc(NS(=O)(=O)c5ccc(N[C@H](CCN6CCC(O)CC6)CSc6ccccc6)c(C)c5)cc4)CC3)c2F)c(-c2ccc(Cl)cc2)n(C)c1C. The van der Waals surface area contributed by atoms with Gasteiger partial charge in [0.2, 0.25) is 0 Å². The summed E-state index contributed by atoms with van der Waals surface area (Å²) in [7, 11) is -1.88. The Balaban J connectivity index is 0.000000208. The van der Waals surface area contributed by atoms with Gasteiger partial charge in [-0.2, -0.15) is 0 Å². The molecular weight excluding hydrogens is 1860 g/mol. The van der Waals surface area contributed by atoms with Gasteiger partial charge < -0.3 is 68.9 Å². The van der Waals surface area contributed by atoms with Crippen molar-refractivity contribution in [1.82, 2.24) is 18.9 Å². The number of anilines is 8. The molecule has 4 aliphatic rings. The number of piperidine rings is 2. The van der Waals surface area contributed by atoms with Gasteiger partial charge in [0.25, 0.3) is 20.0 Å². The Hall–Kier alpha value is -11.2. The number of benzene rings is 10. The van der Waals surface area contributed by atoms with Crippen molar-refractivity contribution in [3.05, 3.63) is 285 Å².